The van der Waals surface area contributed by atoms with E-state index in [1.54, 1.807) is 18.3 Å². The van der Waals surface area contributed by atoms with Gasteiger partial charge in [0.25, 0.3) is 0 Å². The van der Waals surface area contributed by atoms with Crippen LogP contribution in [-0.2, 0) is 0 Å². The minimum Gasteiger partial charge on any atom is -0.277 e. The van der Waals surface area contributed by atoms with E-state index < -0.39 is 0 Å². The van der Waals surface area contributed by atoms with Crippen LogP contribution < -0.4 is 0 Å². The minimum atomic E-state index is -0.235. The second kappa shape index (κ2) is 5.07. The predicted octanol–water partition coefficient (Wildman–Crippen LogP) is 3.62. The van der Waals surface area contributed by atoms with Crippen molar-refractivity contribution in [3.8, 4) is 11.3 Å². The number of hydrogen-bond donors (Lipinski definition) is 1. The summed E-state index contributed by atoms with van der Waals surface area (Å²) in [6, 6.07) is 6.34. The molecule has 0 atom stereocenters. The molecule has 0 unspecified atom stereocenters. The SMILES string of the molecule is Fc1ccc(-c2[nH]ncc2C=CCBr)cc1. The van der Waals surface area contributed by atoms with Gasteiger partial charge in [0.2, 0.25) is 0 Å². The molecule has 0 fully saturated rings. The number of nitrogens with zero attached hydrogens (tertiary/aromatic N) is 1. The first-order chi connectivity index (χ1) is 7.81. The highest BCUT2D eigenvalue weighted by Crippen LogP contribution is 2.22. The Balaban J connectivity index is 2.36. The largest absolute Gasteiger partial charge is 0.277 e. The van der Waals surface area contributed by atoms with E-state index in [4.69, 9.17) is 0 Å². The molecule has 1 N–H and O–H groups in total. The zero-order valence-electron chi connectivity index (χ0n) is 8.45. The molecule has 0 aliphatic rings. The van der Waals surface area contributed by atoms with Crippen molar-refractivity contribution in [2.45, 2.75) is 0 Å². The maximum Gasteiger partial charge on any atom is 0.123 e. The average molecular weight is 281 g/mol. The first-order valence-electron chi connectivity index (χ1n) is 4.83. The van der Waals surface area contributed by atoms with Gasteiger partial charge in [0.05, 0.1) is 11.9 Å². The number of hydrogen-bond acceptors (Lipinski definition) is 1. The van der Waals surface area contributed by atoms with E-state index in [9.17, 15) is 4.39 Å². The van der Waals surface area contributed by atoms with Crippen molar-refractivity contribution >= 4 is 22.0 Å². The lowest BCUT2D eigenvalue weighted by Crippen LogP contribution is -1.82. The molecule has 1 heterocycles. The quantitative estimate of drug-likeness (QED) is 0.855. The lowest BCUT2D eigenvalue weighted by atomic mass is 10.1. The van der Waals surface area contributed by atoms with Crippen molar-refractivity contribution in [1.29, 1.82) is 0 Å². The van der Waals surface area contributed by atoms with Crippen LogP contribution in [0.5, 0.6) is 0 Å². The molecule has 4 heteroatoms. The van der Waals surface area contributed by atoms with E-state index in [1.165, 1.54) is 12.1 Å². The number of nitrogens with one attached hydrogen (secondary N) is 1. The Morgan fingerprint density at radius 1 is 1.31 bits per heavy atom. The Kier molecular flexibility index (Phi) is 3.51. The van der Waals surface area contributed by atoms with Gasteiger partial charge in [-0.3, -0.25) is 5.10 Å². The third-order valence-corrected chi connectivity index (χ3v) is 2.56. The van der Waals surface area contributed by atoms with Crippen molar-refractivity contribution in [2.24, 2.45) is 0 Å². The molecule has 0 amide bonds. The Morgan fingerprint density at radius 3 is 2.75 bits per heavy atom. The first kappa shape index (κ1) is 11.1. The molecule has 0 bridgehead atoms. The Hall–Kier alpha value is -1.42. The number of rotatable bonds is 3. The molecular formula is C12H10BrFN2. The number of aromatic nitrogens is 2. The Morgan fingerprint density at radius 2 is 2.06 bits per heavy atom. The van der Waals surface area contributed by atoms with Crippen LogP contribution in [0.4, 0.5) is 4.39 Å². The molecule has 0 aliphatic heterocycles. The van der Waals surface area contributed by atoms with E-state index in [1.807, 2.05) is 12.2 Å². The summed E-state index contributed by atoms with van der Waals surface area (Å²) in [5.41, 5.74) is 2.82. The average Bonchev–Trinajstić information content (AvgIpc) is 2.75. The minimum absolute atomic E-state index is 0.235. The molecule has 2 rings (SSSR count). The fourth-order valence-electron chi connectivity index (χ4n) is 1.44. The second-order valence-electron chi connectivity index (χ2n) is 3.26. The van der Waals surface area contributed by atoms with Crippen molar-refractivity contribution in [2.75, 3.05) is 5.33 Å². The van der Waals surface area contributed by atoms with Gasteiger partial charge in [-0.15, -0.1) is 0 Å². The van der Waals surface area contributed by atoms with Crippen LogP contribution >= 0.6 is 15.9 Å². The third kappa shape index (κ3) is 2.39. The second-order valence-corrected chi connectivity index (χ2v) is 3.91. The van der Waals surface area contributed by atoms with Crippen molar-refractivity contribution in [3.05, 3.63) is 47.9 Å². The van der Waals surface area contributed by atoms with Gasteiger partial charge in [-0.2, -0.15) is 5.10 Å². The standard InChI is InChI=1S/C12H10BrFN2/c13-7-1-2-10-8-15-16-12(10)9-3-5-11(14)6-4-9/h1-6,8H,7H2,(H,15,16). The van der Waals surface area contributed by atoms with Crippen molar-refractivity contribution in [3.63, 3.8) is 0 Å². The number of benzene rings is 1. The normalized spacial score (nSPS) is 11.1. The van der Waals surface area contributed by atoms with Crippen LogP contribution in [0.15, 0.2) is 36.5 Å². The molecule has 0 aliphatic carbocycles. The summed E-state index contributed by atoms with van der Waals surface area (Å²) in [5.74, 6) is -0.235. The summed E-state index contributed by atoms with van der Waals surface area (Å²) in [7, 11) is 0. The van der Waals surface area contributed by atoms with E-state index in [-0.39, 0.29) is 5.82 Å². The zero-order chi connectivity index (χ0) is 11.4. The monoisotopic (exact) mass is 280 g/mol. The highest BCUT2D eigenvalue weighted by molar-refractivity contribution is 9.09. The van der Waals surface area contributed by atoms with Crippen molar-refractivity contribution in [1.82, 2.24) is 10.2 Å². The van der Waals surface area contributed by atoms with Gasteiger partial charge in [0.15, 0.2) is 0 Å². The lowest BCUT2D eigenvalue weighted by Gasteiger charge is -1.99. The molecular weight excluding hydrogens is 271 g/mol. The summed E-state index contributed by atoms with van der Waals surface area (Å²) < 4.78 is 12.8. The van der Waals surface area contributed by atoms with Crippen LogP contribution in [0, 0.1) is 5.82 Å². The highest BCUT2D eigenvalue weighted by Gasteiger charge is 2.04. The molecule has 16 heavy (non-hydrogen) atoms. The van der Waals surface area contributed by atoms with Gasteiger partial charge >= 0.3 is 0 Å². The van der Waals surface area contributed by atoms with E-state index in [0.717, 1.165) is 22.2 Å². The Bertz CT molecular complexity index is 488. The number of H-pyrrole nitrogens is 1. The van der Waals surface area contributed by atoms with E-state index >= 15 is 0 Å². The maximum absolute atomic E-state index is 12.8. The molecule has 0 radical (unpaired) electrons. The third-order valence-electron chi connectivity index (χ3n) is 2.19. The fraction of sp³-hybridized carbons (Fsp3) is 0.0833. The Labute approximate surface area is 101 Å². The molecule has 0 spiro atoms. The van der Waals surface area contributed by atoms with Crippen LogP contribution in [0.25, 0.3) is 17.3 Å². The molecule has 2 nitrogen and oxygen atoms in total. The van der Waals surface area contributed by atoms with E-state index in [0.29, 0.717) is 0 Å². The number of halogens is 2. The van der Waals surface area contributed by atoms with Gasteiger partial charge in [0, 0.05) is 16.5 Å². The molecule has 82 valence electrons. The van der Waals surface area contributed by atoms with E-state index in [2.05, 4.69) is 26.1 Å². The zero-order valence-corrected chi connectivity index (χ0v) is 10.0. The van der Waals surface area contributed by atoms with Crippen molar-refractivity contribution < 1.29 is 4.39 Å². The summed E-state index contributed by atoms with van der Waals surface area (Å²) in [4.78, 5) is 0. The molecule has 1 aromatic carbocycles. The molecule has 2 aromatic rings. The summed E-state index contributed by atoms with van der Waals surface area (Å²) in [6.45, 7) is 0. The van der Waals surface area contributed by atoms with Gasteiger partial charge in [0.1, 0.15) is 5.82 Å². The van der Waals surface area contributed by atoms with Gasteiger partial charge in [-0.25, -0.2) is 4.39 Å². The van der Waals surface area contributed by atoms with Gasteiger partial charge < -0.3 is 0 Å². The van der Waals surface area contributed by atoms with Crippen LogP contribution in [0.1, 0.15) is 5.56 Å². The maximum atomic E-state index is 12.8. The van der Waals surface area contributed by atoms with Gasteiger partial charge in [-0.1, -0.05) is 28.1 Å². The smallest absolute Gasteiger partial charge is 0.123 e. The predicted molar refractivity (Wildman–Crippen MR) is 66.8 cm³/mol. The van der Waals surface area contributed by atoms with Gasteiger partial charge in [-0.05, 0) is 24.3 Å². The van der Waals surface area contributed by atoms with Crippen LogP contribution in [-0.4, -0.2) is 15.5 Å². The first-order valence-corrected chi connectivity index (χ1v) is 5.95. The van der Waals surface area contributed by atoms with Crippen LogP contribution in [0.2, 0.25) is 0 Å². The summed E-state index contributed by atoms with van der Waals surface area (Å²) in [5, 5.41) is 7.69. The summed E-state index contributed by atoms with van der Waals surface area (Å²) in [6.07, 6.45) is 5.70. The lowest BCUT2D eigenvalue weighted by molar-refractivity contribution is 0.628. The number of aromatic amines is 1. The number of alkyl halides is 1. The topological polar surface area (TPSA) is 28.7 Å². The molecule has 0 saturated heterocycles. The summed E-state index contributed by atoms with van der Waals surface area (Å²) >= 11 is 3.32. The molecule has 1 aromatic heterocycles. The fourth-order valence-corrected chi connectivity index (χ4v) is 1.63. The number of allylic oxidation sites excluding steroid dienone is 1. The highest BCUT2D eigenvalue weighted by atomic mass is 79.9. The van der Waals surface area contributed by atoms with Crippen LogP contribution in [0.3, 0.4) is 0 Å². The molecule has 0 saturated carbocycles.